The van der Waals surface area contributed by atoms with Crippen LogP contribution in [0, 0.1) is 5.82 Å². The molecular weight excluding hydrogens is 321 g/mol. The average Bonchev–Trinajstić information content (AvgIpc) is 2.29. The van der Waals surface area contributed by atoms with Gasteiger partial charge in [0, 0.05) is 17.6 Å². The molecule has 6 heteroatoms. The van der Waals surface area contributed by atoms with Crippen LogP contribution < -0.4 is 0 Å². The molecule has 0 heterocycles. The molecule has 0 amide bonds. The first-order chi connectivity index (χ1) is 8.34. The van der Waals surface area contributed by atoms with E-state index in [4.69, 9.17) is 0 Å². The van der Waals surface area contributed by atoms with E-state index in [2.05, 4.69) is 15.9 Å². The summed E-state index contributed by atoms with van der Waals surface area (Å²) in [5, 5.41) is 0. The van der Waals surface area contributed by atoms with Gasteiger partial charge in [0.2, 0.25) is 10.0 Å². The average molecular weight is 338 g/mol. The van der Waals surface area contributed by atoms with Crippen molar-refractivity contribution in [3.63, 3.8) is 0 Å². The first kappa shape index (κ1) is 15.6. The van der Waals surface area contributed by atoms with Gasteiger partial charge in [-0.25, -0.2) is 12.8 Å². The van der Waals surface area contributed by atoms with Crippen molar-refractivity contribution in [2.75, 3.05) is 7.05 Å². The van der Waals surface area contributed by atoms with Crippen LogP contribution in [0.25, 0.3) is 0 Å². The van der Waals surface area contributed by atoms with E-state index >= 15 is 0 Å². The zero-order chi connectivity index (χ0) is 13.9. The van der Waals surface area contributed by atoms with E-state index in [0.29, 0.717) is 0 Å². The van der Waals surface area contributed by atoms with Gasteiger partial charge in [0.1, 0.15) is 5.82 Å². The minimum absolute atomic E-state index is 0.0491. The third-order valence-electron chi connectivity index (χ3n) is 3.01. The second-order valence-electron chi connectivity index (χ2n) is 4.07. The van der Waals surface area contributed by atoms with E-state index in [1.54, 1.807) is 7.05 Å². The van der Waals surface area contributed by atoms with Gasteiger partial charge in [-0.2, -0.15) is 4.31 Å². The number of hydrogen-bond donors (Lipinski definition) is 0. The first-order valence-electron chi connectivity index (χ1n) is 5.77. The van der Waals surface area contributed by atoms with Gasteiger partial charge in [-0.1, -0.05) is 13.8 Å². The Hall–Kier alpha value is -0.460. The second kappa shape index (κ2) is 6.12. The lowest BCUT2D eigenvalue weighted by atomic mass is 10.2. The van der Waals surface area contributed by atoms with Crippen LogP contribution >= 0.6 is 15.9 Å². The Balaban J connectivity index is 3.21. The van der Waals surface area contributed by atoms with Crippen molar-refractivity contribution < 1.29 is 12.8 Å². The van der Waals surface area contributed by atoms with Crippen LogP contribution in [0.3, 0.4) is 0 Å². The molecule has 0 aliphatic carbocycles. The van der Waals surface area contributed by atoms with Gasteiger partial charge in [-0.3, -0.25) is 0 Å². The highest BCUT2D eigenvalue weighted by Gasteiger charge is 2.27. The predicted molar refractivity (Wildman–Crippen MR) is 73.4 cm³/mol. The summed E-state index contributed by atoms with van der Waals surface area (Å²) in [6, 6.07) is 3.55. The van der Waals surface area contributed by atoms with Crippen LogP contribution in [0.5, 0.6) is 0 Å². The molecule has 0 spiro atoms. The van der Waals surface area contributed by atoms with Gasteiger partial charge in [-0.05, 0) is 47.0 Å². The highest BCUT2D eigenvalue weighted by Crippen LogP contribution is 2.27. The zero-order valence-corrected chi connectivity index (χ0v) is 13.1. The number of rotatable bonds is 5. The van der Waals surface area contributed by atoms with E-state index in [-0.39, 0.29) is 15.4 Å². The molecule has 0 radical (unpaired) electrons. The molecule has 0 aliphatic heterocycles. The lowest BCUT2D eigenvalue weighted by molar-refractivity contribution is 0.349. The molecule has 1 aromatic rings. The fourth-order valence-corrected chi connectivity index (χ4v) is 4.35. The fraction of sp³-hybridized carbons (Fsp3) is 0.500. The molecule has 0 unspecified atom stereocenters. The van der Waals surface area contributed by atoms with Gasteiger partial charge in [0.05, 0.1) is 4.90 Å². The van der Waals surface area contributed by atoms with Crippen LogP contribution in [0.15, 0.2) is 27.6 Å². The third kappa shape index (κ3) is 3.10. The quantitative estimate of drug-likeness (QED) is 0.825. The van der Waals surface area contributed by atoms with E-state index < -0.39 is 15.8 Å². The molecule has 0 aliphatic rings. The van der Waals surface area contributed by atoms with E-state index in [1.165, 1.54) is 10.4 Å². The number of sulfonamides is 1. The third-order valence-corrected chi connectivity index (χ3v) is 5.89. The maximum Gasteiger partial charge on any atom is 0.244 e. The Morgan fingerprint density at radius 3 is 2.33 bits per heavy atom. The molecule has 0 aromatic heterocycles. The summed E-state index contributed by atoms with van der Waals surface area (Å²) >= 11 is 3.10. The SMILES string of the molecule is CCC(CC)N(C)S(=O)(=O)c1ccc(F)cc1Br. The molecular formula is C12H17BrFNO2S. The monoisotopic (exact) mass is 337 g/mol. The fourth-order valence-electron chi connectivity index (χ4n) is 1.84. The Kier molecular flexibility index (Phi) is 5.31. The van der Waals surface area contributed by atoms with Crippen LogP contribution in [0.4, 0.5) is 4.39 Å². The van der Waals surface area contributed by atoms with Crippen LogP contribution in [-0.4, -0.2) is 25.8 Å². The van der Waals surface area contributed by atoms with Crippen LogP contribution in [-0.2, 0) is 10.0 Å². The standard InChI is InChI=1S/C12H17BrFNO2S/c1-4-10(5-2)15(3)18(16,17)12-7-6-9(14)8-11(12)13/h6-8,10H,4-5H2,1-3H3. The Bertz CT molecular complexity index is 515. The van der Waals surface area contributed by atoms with Crippen molar-refractivity contribution in [1.82, 2.24) is 4.31 Å². The van der Waals surface area contributed by atoms with E-state index in [1.807, 2.05) is 13.8 Å². The van der Waals surface area contributed by atoms with Crippen molar-refractivity contribution in [1.29, 1.82) is 0 Å². The highest BCUT2D eigenvalue weighted by molar-refractivity contribution is 9.10. The Morgan fingerprint density at radius 1 is 1.33 bits per heavy atom. The van der Waals surface area contributed by atoms with Crippen LogP contribution in [0.2, 0.25) is 0 Å². The summed E-state index contributed by atoms with van der Waals surface area (Å²) in [5.74, 6) is -0.467. The lowest BCUT2D eigenvalue weighted by Gasteiger charge is -2.25. The lowest BCUT2D eigenvalue weighted by Crippen LogP contribution is -2.36. The molecule has 102 valence electrons. The molecule has 0 N–H and O–H groups in total. The molecule has 18 heavy (non-hydrogen) atoms. The molecule has 1 aromatic carbocycles. The summed E-state index contributed by atoms with van der Waals surface area (Å²) in [5.41, 5.74) is 0. The van der Waals surface area contributed by atoms with Crippen molar-refractivity contribution in [3.8, 4) is 0 Å². The Morgan fingerprint density at radius 2 is 1.89 bits per heavy atom. The molecule has 0 saturated heterocycles. The number of nitrogens with zero attached hydrogens (tertiary/aromatic N) is 1. The summed E-state index contributed by atoms with van der Waals surface area (Å²) in [4.78, 5) is 0.0956. The largest absolute Gasteiger partial charge is 0.244 e. The predicted octanol–water partition coefficient (Wildman–Crippen LogP) is 3.40. The summed E-state index contributed by atoms with van der Waals surface area (Å²) in [6.45, 7) is 3.89. The van der Waals surface area contributed by atoms with Gasteiger partial charge < -0.3 is 0 Å². The van der Waals surface area contributed by atoms with Crippen molar-refractivity contribution in [2.24, 2.45) is 0 Å². The molecule has 0 fully saturated rings. The summed E-state index contributed by atoms with van der Waals surface area (Å²) in [6.07, 6.45) is 1.48. The van der Waals surface area contributed by atoms with Crippen molar-refractivity contribution in [3.05, 3.63) is 28.5 Å². The zero-order valence-electron chi connectivity index (χ0n) is 10.7. The van der Waals surface area contributed by atoms with Gasteiger partial charge >= 0.3 is 0 Å². The minimum atomic E-state index is -3.59. The van der Waals surface area contributed by atoms with Crippen molar-refractivity contribution in [2.45, 2.75) is 37.6 Å². The second-order valence-corrected chi connectivity index (χ2v) is 6.89. The Labute approximate surface area is 116 Å². The van der Waals surface area contributed by atoms with E-state index in [0.717, 1.165) is 25.0 Å². The number of benzene rings is 1. The highest BCUT2D eigenvalue weighted by atomic mass is 79.9. The van der Waals surface area contributed by atoms with Gasteiger partial charge in [0.15, 0.2) is 0 Å². The van der Waals surface area contributed by atoms with E-state index in [9.17, 15) is 12.8 Å². The molecule has 0 bridgehead atoms. The maximum atomic E-state index is 13.0. The van der Waals surface area contributed by atoms with Gasteiger partial charge in [-0.15, -0.1) is 0 Å². The molecule has 1 rings (SSSR count). The normalized spacial score (nSPS) is 12.4. The van der Waals surface area contributed by atoms with Crippen LogP contribution in [0.1, 0.15) is 26.7 Å². The first-order valence-corrected chi connectivity index (χ1v) is 8.01. The minimum Gasteiger partial charge on any atom is -0.207 e. The number of halogens is 2. The maximum absolute atomic E-state index is 13.0. The molecule has 0 saturated carbocycles. The van der Waals surface area contributed by atoms with Gasteiger partial charge in [0.25, 0.3) is 0 Å². The topological polar surface area (TPSA) is 37.4 Å². The summed E-state index contributed by atoms with van der Waals surface area (Å²) < 4.78 is 39.4. The molecule has 3 nitrogen and oxygen atoms in total. The number of hydrogen-bond acceptors (Lipinski definition) is 2. The summed E-state index contributed by atoms with van der Waals surface area (Å²) in [7, 11) is -2.03. The van der Waals surface area contributed by atoms with Crippen molar-refractivity contribution >= 4 is 26.0 Å². The molecule has 0 atom stereocenters. The smallest absolute Gasteiger partial charge is 0.207 e.